The van der Waals surface area contributed by atoms with E-state index in [4.69, 9.17) is 0 Å². The Morgan fingerprint density at radius 1 is 1.38 bits per heavy atom. The minimum atomic E-state index is -0.200. The molecular weight excluding hydrogens is 326 g/mol. The average molecular weight is 343 g/mol. The van der Waals surface area contributed by atoms with Gasteiger partial charge in [-0.3, -0.25) is 19.6 Å². The summed E-state index contributed by atoms with van der Waals surface area (Å²) in [7, 11) is 1.65. The third-order valence-corrected chi connectivity index (χ3v) is 4.92. The molecule has 7 nitrogen and oxygen atoms in total. The van der Waals surface area contributed by atoms with Crippen molar-refractivity contribution in [2.24, 2.45) is 7.05 Å². The highest BCUT2D eigenvalue weighted by atomic mass is 32.1. The van der Waals surface area contributed by atoms with Crippen LogP contribution in [0.1, 0.15) is 27.9 Å². The first-order valence-corrected chi connectivity index (χ1v) is 8.29. The number of amides is 1. The molecule has 0 saturated carbocycles. The molecule has 0 spiro atoms. The van der Waals surface area contributed by atoms with Gasteiger partial charge in [0.25, 0.3) is 11.5 Å². The number of thiophene rings is 1. The molecule has 0 saturated heterocycles. The fourth-order valence-corrected chi connectivity index (χ4v) is 3.56. The largest absolute Gasteiger partial charge is 0.348 e. The van der Waals surface area contributed by atoms with Gasteiger partial charge < -0.3 is 9.88 Å². The van der Waals surface area contributed by atoms with Crippen molar-refractivity contribution >= 4 is 27.5 Å². The van der Waals surface area contributed by atoms with Crippen molar-refractivity contribution in [1.29, 1.82) is 0 Å². The van der Waals surface area contributed by atoms with E-state index in [1.807, 2.05) is 6.92 Å². The van der Waals surface area contributed by atoms with Crippen LogP contribution in [0.15, 0.2) is 29.7 Å². The molecule has 0 aliphatic rings. The summed E-state index contributed by atoms with van der Waals surface area (Å²) in [6.45, 7) is 3.69. The van der Waals surface area contributed by atoms with Gasteiger partial charge in [0.05, 0.1) is 22.3 Å². The fraction of sp³-hybridized carbons (Fsp3) is 0.312. The van der Waals surface area contributed by atoms with Crippen LogP contribution in [0.2, 0.25) is 0 Å². The van der Waals surface area contributed by atoms with Gasteiger partial charge in [-0.05, 0) is 19.4 Å². The number of hydrogen-bond acceptors (Lipinski definition) is 6. The van der Waals surface area contributed by atoms with E-state index in [9.17, 15) is 9.59 Å². The zero-order valence-electron chi connectivity index (χ0n) is 13.6. The van der Waals surface area contributed by atoms with Crippen LogP contribution in [-0.4, -0.2) is 31.5 Å². The summed E-state index contributed by atoms with van der Waals surface area (Å²) in [5.41, 5.74) is 1.35. The average Bonchev–Trinajstić information content (AvgIpc) is 2.89. The zero-order valence-corrected chi connectivity index (χ0v) is 14.4. The SMILES string of the molecule is Cc1c(C(=O)NC(C)Cc2cnccn2)sc2ncn(C)c(=O)c12. The summed E-state index contributed by atoms with van der Waals surface area (Å²) >= 11 is 1.24. The fourth-order valence-electron chi connectivity index (χ4n) is 2.51. The molecule has 124 valence electrons. The highest BCUT2D eigenvalue weighted by Gasteiger charge is 2.20. The molecule has 24 heavy (non-hydrogen) atoms. The number of aromatic nitrogens is 4. The molecule has 0 fully saturated rings. The second kappa shape index (κ2) is 6.48. The molecule has 3 heterocycles. The van der Waals surface area contributed by atoms with Crippen molar-refractivity contribution < 1.29 is 4.79 Å². The quantitative estimate of drug-likeness (QED) is 0.774. The topological polar surface area (TPSA) is 89.8 Å². The maximum Gasteiger partial charge on any atom is 0.262 e. The summed E-state index contributed by atoms with van der Waals surface area (Å²) in [6.07, 6.45) is 6.98. The van der Waals surface area contributed by atoms with Crippen LogP contribution < -0.4 is 10.9 Å². The van der Waals surface area contributed by atoms with Gasteiger partial charge in [-0.15, -0.1) is 11.3 Å². The van der Waals surface area contributed by atoms with Crippen molar-refractivity contribution in [3.8, 4) is 0 Å². The van der Waals surface area contributed by atoms with Crippen LogP contribution in [0.5, 0.6) is 0 Å². The molecule has 3 aromatic rings. The Morgan fingerprint density at radius 3 is 2.88 bits per heavy atom. The second-order valence-electron chi connectivity index (χ2n) is 5.67. The standard InChI is InChI=1S/C16H17N5O2S/c1-9(6-11-7-17-4-5-18-11)20-14(22)13-10(2)12-15(24-13)19-8-21(3)16(12)23/h4-5,7-9H,6H2,1-3H3,(H,20,22). The summed E-state index contributed by atoms with van der Waals surface area (Å²) in [4.78, 5) is 38.4. The summed E-state index contributed by atoms with van der Waals surface area (Å²) in [6, 6.07) is -0.102. The number of carbonyl (C=O) groups excluding carboxylic acids is 1. The second-order valence-corrected chi connectivity index (χ2v) is 6.67. The van der Waals surface area contributed by atoms with Gasteiger partial charge in [-0.2, -0.15) is 0 Å². The van der Waals surface area contributed by atoms with E-state index < -0.39 is 0 Å². The lowest BCUT2D eigenvalue weighted by molar-refractivity contribution is 0.0943. The Balaban J connectivity index is 1.83. The molecule has 0 radical (unpaired) electrons. The van der Waals surface area contributed by atoms with Crippen LogP contribution in [0.4, 0.5) is 0 Å². The molecule has 8 heteroatoms. The number of aryl methyl sites for hydroxylation is 2. The lowest BCUT2D eigenvalue weighted by atomic mass is 10.1. The normalized spacial score (nSPS) is 12.3. The van der Waals surface area contributed by atoms with Gasteiger partial charge in [0.15, 0.2) is 0 Å². The van der Waals surface area contributed by atoms with E-state index in [1.165, 1.54) is 22.2 Å². The minimum absolute atomic E-state index is 0.102. The minimum Gasteiger partial charge on any atom is -0.348 e. The van der Waals surface area contributed by atoms with Crippen LogP contribution in [0.25, 0.3) is 10.2 Å². The van der Waals surface area contributed by atoms with Gasteiger partial charge in [-0.25, -0.2) is 4.98 Å². The maximum absolute atomic E-state index is 12.6. The van der Waals surface area contributed by atoms with Crippen molar-refractivity contribution in [2.75, 3.05) is 0 Å². The molecule has 1 amide bonds. The van der Waals surface area contributed by atoms with E-state index in [1.54, 1.807) is 32.6 Å². The first-order chi connectivity index (χ1) is 11.5. The van der Waals surface area contributed by atoms with Crippen molar-refractivity contribution in [3.63, 3.8) is 0 Å². The van der Waals surface area contributed by atoms with Crippen molar-refractivity contribution in [2.45, 2.75) is 26.3 Å². The number of nitrogens with zero attached hydrogens (tertiary/aromatic N) is 4. The molecule has 0 aliphatic carbocycles. The predicted molar refractivity (Wildman–Crippen MR) is 92.3 cm³/mol. The maximum atomic E-state index is 12.6. The number of hydrogen-bond donors (Lipinski definition) is 1. The molecule has 1 N–H and O–H groups in total. The van der Waals surface area contributed by atoms with Gasteiger partial charge in [0.2, 0.25) is 0 Å². The molecule has 3 rings (SSSR count). The lowest BCUT2D eigenvalue weighted by Gasteiger charge is -2.12. The Hall–Kier alpha value is -2.61. The summed E-state index contributed by atoms with van der Waals surface area (Å²) in [5, 5.41) is 3.46. The molecule has 0 bridgehead atoms. The molecule has 1 unspecified atom stereocenters. The molecule has 1 atom stereocenters. The third-order valence-electron chi connectivity index (χ3n) is 3.73. The molecule has 0 aliphatic heterocycles. The van der Waals surface area contributed by atoms with E-state index >= 15 is 0 Å². The van der Waals surface area contributed by atoms with Crippen LogP contribution in [0.3, 0.4) is 0 Å². The number of fused-ring (bicyclic) bond motifs is 1. The first-order valence-electron chi connectivity index (χ1n) is 7.48. The Kier molecular flexibility index (Phi) is 4.39. The third kappa shape index (κ3) is 3.05. The van der Waals surface area contributed by atoms with Gasteiger partial charge in [-0.1, -0.05) is 0 Å². The van der Waals surface area contributed by atoms with E-state index in [0.717, 1.165) is 5.69 Å². The van der Waals surface area contributed by atoms with Crippen LogP contribution >= 0.6 is 11.3 Å². The van der Waals surface area contributed by atoms with Gasteiger partial charge in [0.1, 0.15) is 4.83 Å². The number of rotatable bonds is 4. The molecule has 3 aromatic heterocycles. The molecule has 0 aromatic carbocycles. The van der Waals surface area contributed by atoms with Crippen molar-refractivity contribution in [1.82, 2.24) is 24.8 Å². The number of carbonyl (C=O) groups is 1. The first kappa shape index (κ1) is 16.3. The van der Waals surface area contributed by atoms with Crippen LogP contribution in [0, 0.1) is 6.92 Å². The van der Waals surface area contributed by atoms with Gasteiger partial charge in [0, 0.05) is 38.1 Å². The smallest absolute Gasteiger partial charge is 0.262 e. The van der Waals surface area contributed by atoms with E-state index in [2.05, 4.69) is 20.3 Å². The molecular formula is C16H17N5O2S. The summed E-state index contributed by atoms with van der Waals surface area (Å²) < 4.78 is 1.42. The Labute approximate surface area is 142 Å². The highest BCUT2D eigenvalue weighted by Crippen LogP contribution is 2.26. The van der Waals surface area contributed by atoms with Gasteiger partial charge >= 0.3 is 0 Å². The zero-order chi connectivity index (χ0) is 17.3. The highest BCUT2D eigenvalue weighted by molar-refractivity contribution is 7.20. The predicted octanol–water partition coefficient (Wildman–Crippen LogP) is 1.45. The number of nitrogens with one attached hydrogen (secondary N) is 1. The van der Waals surface area contributed by atoms with E-state index in [0.29, 0.717) is 27.1 Å². The van der Waals surface area contributed by atoms with Crippen LogP contribution in [-0.2, 0) is 13.5 Å². The summed E-state index contributed by atoms with van der Waals surface area (Å²) in [5.74, 6) is -0.200. The Morgan fingerprint density at radius 2 is 2.17 bits per heavy atom. The van der Waals surface area contributed by atoms with E-state index in [-0.39, 0.29) is 17.5 Å². The monoisotopic (exact) mass is 343 g/mol. The Bertz CT molecular complexity index is 948. The lowest BCUT2D eigenvalue weighted by Crippen LogP contribution is -2.34. The van der Waals surface area contributed by atoms with Crippen molar-refractivity contribution in [3.05, 3.63) is 51.4 Å².